The summed E-state index contributed by atoms with van der Waals surface area (Å²) in [6.45, 7) is 5.24. The van der Waals surface area contributed by atoms with Crippen LogP contribution in [-0.2, 0) is 9.53 Å². The van der Waals surface area contributed by atoms with E-state index in [1.807, 2.05) is 0 Å². The first-order valence-electron chi connectivity index (χ1n) is 7.56. The minimum Gasteiger partial charge on any atom is -0.452 e. The van der Waals surface area contributed by atoms with Crippen LogP contribution in [0.3, 0.4) is 0 Å². The Hall–Kier alpha value is -2.44. The Labute approximate surface area is 134 Å². The van der Waals surface area contributed by atoms with Crippen LogP contribution in [0.25, 0.3) is 0 Å². The number of benzene rings is 1. The second kappa shape index (κ2) is 7.21. The van der Waals surface area contributed by atoms with Crippen LogP contribution < -0.4 is 0 Å². The number of nitrogens with zero attached hydrogens (tertiary/aromatic N) is 2. The van der Waals surface area contributed by atoms with Crippen molar-refractivity contribution >= 4 is 17.6 Å². The van der Waals surface area contributed by atoms with Crippen LogP contribution in [0.15, 0.2) is 24.3 Å². The van der Waals surface area contributed by atoms with Crippen LogP contribution in [0, 0.1) is 22.0 Å². The summed E-state index contributed by atoms with van der Waals surface area (Å²) in [5.41, 5.74) is 0.0812. The van der Waals surface area contributed by atoms with Gasteiger partial charge in [0.05, 0.1) is 10.5 Å². The van der Waals surface area contributed by atoms with E-state index in [1.54, 1.807) is 4.90 Å². The topological polar surface area (TPSA) is 89.8 Å². The molecule has 124 valence electrons. The summed E-state index contributed by atoms with van der Waals surface area (Å²) in [5.74, 6) is 0.00571. The van der Waals surface area contributed by atoms with E-state index in [9.17, 15) is 19.7 Å². The molecule has 0 bridgehead atoms. The van der Waals surface area contributed by atoms with Crippen molar-refractivity contribution in [1.29, 1.82) is 0 Å². The van der Waals surface area contributed by atoms with Gasteiger partial charge >= 0.3 is 5.97 Å². The fourth-order valence-electron chi connectivity index (χ4n) is 2.89. The van der Waals surface area contributed by atoms with Gasteiger partial charge in [-0.3, -0.25) is 14.9 Å². The molecule has 0 aliphatic carbocycles. The maximum atomic E-state index is 12.1. The van der Waals surface area contributed by atoms with Gasteiger partial charge in [-0.1, -0.05) is 13.8 Å². The van der Waals surface area contributed by atoms with Crippen LogP contribution in [0.1, 0.15) is 30.6 Å². The molecule has 0 aromatic heterocycles. The number of ether oxygens (including phenoxy) is 1. The summed E-state index contributed by atoms with van der Waals surface area (Å²) in [6, 6.07) is 5.09. The van der Waals surface area contributed by atoms with Crippen LogP contribution in [0.5, 0.6) is 0 Å². The molecule has 0 radical (unpaired) electrons. The third kappa shape index (κ3) is 4.51. The molecule has 1 heterocycles. The van der Waals surface area contributed by atoms with Gasteiger partial charge in [0, 0.05) is 25.2 Å². The highest BCUT2D eigenvalue weighted by atomic mass is 16.6. The summed E-state index contributed by atoms with van der Waals surface area (Å²) >= 11 is 0. The van der Waals surface area contributed by atoms with E-state index in [2.05, 4.69) is 13.8 Å². The number of rotatable bonds is 4. The number of non-ortho nitro benzene ring substituents is 1. The van der Waals surface area contributed by atoms with E-state index in [1.165, 1.54) is 24.3 Å². The van der Waals surface area contributed by atoms with Crippen LogP contribution in [0.4, 0.5) is 5.69 Å². The van der Waals surface area contributed by atoms with Gasteiger partial charge < -0.3 is 9.64 Å². The summed E-state index contributed by atoms with van der Waals surface area (Å²) < 4.78 is 5.01. The molecule has 1 aliphatic heterocycles. The number of carbonyl (C=O) groups excluding carboxylic acids is 2. The SMILES string of the molecule is C[C@@H]1C[C@H](C)CN(C(=O)COC(=O)c2ccc([N+](=O)[O-])cc2)C1. The molecule has 0 unspecified atom stereocenters. The average Bonchev–Trinajstić information content (AvgIpc) is 2.51. The Balaban J connectivity index is 1.88. The van der Waals surface area contributed by atoms with Crippen molar-refractivity contribution in [2.45, 2.75) is 20.3 Å². The molecular formula is C16H20N2O5. The second-order valence-corrected chi connectivity index (χ2v) is 6.12. The fourth-order valence-corrected chi connectivity index (χ4v) is 2.89. The third-order valence-corrected chi connectivity index (χ3v) is 3.86. The van der Waals surface area contributed by atoms with Gasteiger partial charge in [-0.05, 0) is 30.4 Å². The number of hydrogen-bond donors (Lipinski definition) is 0. The van der Waals surface area contributed by atoms with Crippen LogP contribution in [0.2, 0.25) is 0 Å². The van der Waals surface area contributed by atoms with Crippen molar-refractivity contribution < 1.29 is 19.2 Å². The van der Waals surface area contributed by atoms with Gasteiger partial charge in [0.25, 0.3) is 11.6 Å². The first kappa shape index (κ1) is 16.9. The molecule has 7 nitrogen and oxygen atoms in total. The zero-order chi connectivity index (χ0) is 17.0. The van der Waals surface area contributed by atoms with E-state index in [-0.39, 0.29) is 23.8 Å². The number of nitro benzene ring substituents is 1. The van der Waals surface area contributed by atoms with E-state index < -0.39 is 10.9 Å². The number of piperidine rings is 1. The number of hydrogen-bond acceptors (Lipinski definition) is 5. The lowest BCUT2D eigenvalue weighted by Crippen LogP contribution is -2.44. The molecule has 1 saturated heterocycles. The van der Waals surface area contributed by atoms with Crippen molar-refractivity contribution in [3.05, 3.63) is 39.9 Å². The summed E-state index contributed by atoms with van der Waals surface area (Å²) in [4.78, 5) is 35.8. The van der Waals surface area contributed by atoms with Gasteiger partial charge in [-0.2, -0.15) is 0 Å². The Bertz CT molecular complexity index is 589. The number of nitro groups is 1. The smallest absolute Gasteiger partial charge is 0.338 e. The lowest BCUT2D eigenvalue weighted by atomic mass is 9.92. The van der Waals surface area contributed by atoms with Gasteiger partial charge in [0.15, 0.2) is 6.61 Å². The molecule has 0 N–H and O–H groups in total. The molecule has 7 heteroatoms. The quantitative estimate of drug-likeness (QED) is 0.482. The predicted molar refractivity (Wildman–Crippen MR) is 82.9 cm³/mol. The lowest BCUT2D eigenvalue weighted by molar-refractivity contribution is -0.384. The first-order chi connectivity index (χ1) is 10.9. The monoisotopic (exact) mass is 320 g/mol. The Morgan fingerprint density at radius 3 is 2.30 bits per heavy atom. The Kier molecular flexibility index (Phi) is 5.31. The molecule has 1 amide bonds. The molecule has 1 aliphatic rings. The Morgan fingerprint density at radius 2 is 1.78 bits per heavy atom. The lowest BCUT2D eigenvalue weighted by Gasteiger charge is -2.34. The zero-order valence-electron chi connectivity index (χ0n) is 13.2. The molecule has 1 fully saturated rings. The zero-order valence-corrected chi connectivity index (χ0v) is 13.2. The molecule has 0 saturated carbocycles. The Morgan fingerprint density at radius 1 is 1.22 bits per heavy atom. The molecular weight excluding hydrogens is 300 g/mol. The summed E-state index contributed by atoms with van der Waals surface area (Å²) in [6.07, 6.45) is 1.09. The minimum absolute atomic E-state index is 0.103. The maximum Gasteiger partial charge on any atom is 0.338 e. The molecule has 2 rings (SSSR count). The minimum atomic E-state index is -0.661. The normalized spacial score (nSPS) is 20.9. The van der Waals surface area contributed by atoms with Crippen molar-refractivity contribution in [2.24, 2.45) is 11.8 Å². The number of carbonyl (C=O) groups is 2. The highest BCUT2D eigenvalue weighted by Gasteiger charge is 2.26. The highest BCUT2D eigenvalue weighted by Crippen LogP contribution is 2.21. The third-order valence-electron chi connectivity index (χ3n) is 3.86. The predicted octanol–water partition coefficient (Wildman–Crippen LogP) is 2.26. The molecule has 2 atom stereocenters. The van der Waals surface area contributed by atoms with Gasteiger partial charge in [-0.15, -0.1) is 0 Å². The van der Waals surface area contributed by atoms with E-state index in [4.69, 9.17) is 4.74 Å². The largest absolute Gasteiger partial charge is 0.452 e. The van der Waals surface area contributed by atoms with Crippen LogP contribution >= 0.6 is 0 Å². The summed E-state index contributed by atoms with van der Waals surface area (Å²) in [5, 5.41) is 10.6. The van der Waals surface area contributed by atoms with Gasteiger partial charge in [0.1, 0.15) is 0 Å². The molecule has 1 aromatic rings. The average molecular weight is 320 g/mol. The number of amides is 1. The van der Waals surface area contributed by atoms with Gasteiger partial charge in [0.2, 0.25) is 0 Å². The van der Waals surface area contributed by atoms with Crippen LogP contribution in [-0.4, -0.2) is 41.4 Å². The van der Waals surface area contributed by atoms with Crippen molar-refractivity contribution in [3.8, 4) is 0 Å². The van der Waals surface area contributed by atoms with Gasteiger partial charge in [-0.25, -0.2) is 4.79 Å². The van der Waals surface area contributed by atoms with E-state index in [0.29, 0.717) is 24.9 Å². The maximum absolute atomic E-state index is 12.1. The van der Waals surface area contributed by atoms with E-state index >= 15 is 0 Å². The number of esters is 1. The number of likely N-dealkylation sites (tertiary alicyclic amines) is 1. The van der Waals surface area contributed by atoms with Crippen molar-refractivity contribution in [1.82, 2.24) is 4.90 Å². The van der Waals surface area contributed by atoms with Crippen molar-refractivity contribution in [2.75, 3.05) is 19.7 Å². The second-order valence-electron chi connectivity index (χ2n) is 6.12. The fraction of sp³-hybridized carbons (Fsp3) is 0.500. The first-order valence-corrected chi connectivity index (χ1v) is 7.56. The highest BCUT2D eigenvalue weighted by molar-refractivity contribution is 5.91. The van der Waals surface area contributed by atoms with E-state index in [0.717, 1.165) is 6.42 Å². The molecule has 0 spiro atoms. The summed E-state index contributed by atoms with van der Waals surface area (Å²) in [7, 11) is 0. The van der Waals surface area contributed by atoms with Crippen molar-refractivity contribution in [3.63, 3.8) is 0 Å². The standard InChI is InChI=1S/C16H20N2O5/c1-11-7-12(2)9-17(8-11)15(19)10-23-16(20)13-3-5-14(6-4-13)18(21)22/h3-6,11-12H,7-10H2,1-2H3/t11-,12+. The molecule has 23 heavy (non-hydrogen) atoms. The molecule has 1 aromatic carbocycles.